The molecule has 9 heteroatoms. The highest BCUT2D eigenvalue weighted by molar-refractivity contribution is 5.57. The fraction of sp³-hybridized carbons (Fsp3) is 0.667. The Bertz CT molecular complexity index is 644. The Hall–Kier alpha value is -1.48. The van der Waals surface area contributed by atoms with Gasteiger partial charge in [0.1, 0.15) is 0 Å². The second-order valence-corrected chi connectivity index (χ2v) is 7.11. The number of hydrogen-bond donors (Lipinski definition) is 2. The van der Waals surface area contributed by atoms with Gasteiger partial charge in [0.05, 0.1) is 0 Å². The average molecular weight is 398 g/mol. The van der Waals surface area contributed by atoms with E-state index in [0.717, 1.165) is 12.1 Å². The van der Waals surface area contributed by atoms with Crippen LogP contribution >= 0.6 is 0 Å². The summed E-state index contributed by atoms with van der Waals surface area (Å²) in [5, 5.41) is 12.9. The largest absolute Gasteiger partial charge is 0.430 e. The van der Waals surface area contributed by atoms with E-state index in [2.05, 4.69) is 5.32 Å². The molecule has 1 aliphatic heterocycles. The normalized spacial score (nSPS) is 22.2. The smallest absolute Gasteiger partial charge is 0.369 e. The van der Waals surface area contributed by atoms with Crippen LogP contribution in [0.25, 0.3) is 0 Å². The van der Waals surface area contributed by atoms with Gasteiger partial charge in [0.15, 0.2) is 0 Å². The number of rotatable bonds is 4. The minimum atomic E-state index is -5.88. The number of aryl methyl sites for hydroxylation is 1. The first kappa shape index (κ1) is 21.8. The monoisotopic (exact) mass is 398 g/mol. The molecule has 0 aromatic heterocycles. The molecule has 1 heterocycles. The molecule has 2 atom stereocenters. The highest BCUT2D eigenvalue weighted by Crippen LogP contribution is 2.50. The summed E-state index contributed by atoms with van der Waals surface area (Å²) in [5.74, 6) is 0. The maximum Gasteiger partial charge on any atom is 0.430 e. The summed E-state index contributed by atoms with van der Waals surface area (Å²) in [6, 6.07) is 3.01. The highest BCUT2D eigenvalue weighted by atomic mass is 19.4. The third-order valence-corrected chi connectivity index (χ3v) is 4.91. The Morgan fingerprint density at radius 2 is 1.70 bits per heavy atom. The highest BCUT2D eigenvalue weighted by Gasteiger charge is 2.71. The summed E-state index contributed by atoms with van der Waals surface area (Å²) in [4.78, 5) is 1.98. The molecule has 1 aromatic carbocycles. The van der Waals surface area contributed by atoms with Crippen LogP contribution in [0.2, 0.25) is 0 Å². The number of anilines is 1. The first-order valence-electron chi connectivity index (χ1n) is 8.82. The third-order valence-electron chi connectivity index (χ3n) is 4.91. The van der Waals surface area contributed by atoms with Crippen molar-refractivity contribution in [2.24, 2.45) is 0 Å². The van der Waals surface area contributed by atoms with Crippen molar-refractivity contribution in [3.05, 3.63) is 29.3 Å². The van der Waals surface area contributed by atoms with E-state index in [1.54, 1.807) is 6.92 Å². The van der Waals surface area contributed by atoms with Crippen LogP contribution in [0.5, 0.6) is 0 Å². The molecule has 0 bridgehead atoms. The van der Waals surface area contributed by atoms with Crippen LogP contribution in [0.1, 0.15) is 38.3 Å². The van der Waals surface area contributed by atoms with E-state index in [0.29, 0.717) is 37.2 Å². The van der Waals surface area contributed by atoms with Gasteiger partial charge in [-0.2, -0.15) is 26.3 Å². The lowest BCUT2D eigenvalue weighted by Gasteiger charge is -2.41. The molecule has 154 valence electrons. The summed E-state index contributed by atoms with van der Waals surface area (Å²) in [5.41, 5.74) is -5.13. The molecule has 0 amide bonds. The quantitative estimate of drug-likeness (QED) is 0.749. The van der Waals surface area contributed by atoms with Crippen molar-refractivity contribution in [3.63, 3.8) is 0 Å². The fourth-order valence-electron chi connectivity index (χ4n) is 3.41. The first-order chi connectivity index (χ1) is 12.3. The zero-order valence-corrected chi connectivity index (χ0v) is 15.4. The minimum absolute atomic E-state index is 0.0340. The number of benzene rings is 1. The number of aliphatic hydroxyl groups is 1. The zero-order valence-electron chi connectivity index (χ0n) is 15.4. The van der Waals surface area contributed by atoms with E-state index in [1.165, 1.54) is 6.07 Å². The van der Waals surface area contributed by atoms with Crippen LogP contribution in [-0.4, -0.2) is 42.6 Å². The van der Waals surface area contributed by atoms with Gasteiger partial charge in [0, 0.05) is 36.4 Å². The maximum atomic E-state index is 13.2. The lowest BCUT2D eigenvalue weighted by atomic mass is 9.89. The molecule has 1 aromatic rings. The predicted molar refractivity (Wildman–Crippen MR) is 90.7 cm³/mol. The molecule has 3 nitrogen and oxygen atoms in total. The molecule has 27 heavy (non-hydrogen) atoms. The molecule has 2 rings (SSSR count). The van der Waals surface area contributed by atoms with E-state index in [1.807, 2.05) is 18.7 Å². The summed E-state index contributed by atoms with van der Waals surface area (Å²) < 4.78 is 79.1. The van der Waals surface area contributed by atoms with E-state index in [-0.39, 0.29) is 12.1 Å². The SMILES string of the molecule is CCCc1cc(C(O)(C(F)(F)F)C(F)(F)F)ccc1N1CC(C)NCC1C. The van der Waals surface area contributed by atoms with Crippen molar-refractivity contribution in [2.45, 2.75) is 63.7 Å². The lowest BCUT2D eigenvalue weighted by molar-refractivity contribution is -0.376. The maximum absolute atomic E-state index is 13.2. The number of nitrogens with zero attached hydrogens (tertiary/aromatic N) is 1. The topological polar surface area (TPSA) is 35.5 Å². The molecular formula is C18H24F6N2O. The minimum Gasteiger partial charge on any atom is -0.369 e. The lowest BCUT2D eigenvalue weighted by Crippen LogP contribution is -2.55. The van der Waals surface area contributed by atoms with Crippen molar-refractivity contribution >= 4 is 5.69 Å². The molecule has 1 saturated heterocycles. The number of alkyl halides is 6. The molecule has 0 spiro atoms. The van der Waals surface area contributed by atoms with Crippen molar-refractivity contribution < 1.29 is 31.4 Å². The fourth-order valence-corrected chi connectivity index (χ4v) is 3.41. The summed E-state index contributed by atoms with van der Waals surface area (Å²) in [6.45, 7) is 6.92. The van der Waals surface area contributed by atoms with Crippen LogP contribution < -0.4 is 10.2 Å². The van der Waals surface area contributed by atoms with Gasteiger partial charge < -0.3 is 15.3 Å². The average Bonchev–Trinajstić information content (AvgIpc) is 2.54. The van der Waals surface area contributed by atoms with Gasteiger partial charge in [-0.1, -0.05) is 25.5 Å². The Labute approximate surface area is 154 Å². The van der Waals surface area contributed by atoms with E-state index < -0.39 is 23.5 Å². The number of piperazine rings is 1. The van der Waals surface area contributed by atoms with Gasteiger partial charge in [0.25, 0.3) is 5.60 Å². The van der Waals surface area contributed by atoms with Crippen LogP contribution in [0.3, 0.4) is 0 Å². The standard InChI is InChI=1S/C18H24F6N2O/c1-4-5-13-8-14(16(27,17(19,20)21)18(22,23)24)6-7-15(13)26-10-11(2)25-9-12(26)3/h6-8,11-12,25,27H,4-5,9-10H2,1-3H3. The van der Waals surface area contributed by atoms with Gasteiger partial charge >= 0.3 is 12.4 Å². The van der Waals surface area contributed by atoms with Crippen LogP contribution in [0.15, 0.2) is 18.2 Å². The molecule has 0 aliphatic carbocycles. The summed E-state index contributed by atoms with van der Waals surface area (Å²) >= 11 is 0. The molecule has 2 unspecified atom stereocenters. The van der Waals surface area contributed by atoms with Crippen LogP contribution in [0.4, 0.5) is 32.0 Å². The summed E-state index contributed by atoms with van der Waals surface area (Å²) in [6.07, 6.45) is -10.9. The van der Waals surface area contributed by atoms with Crippen molar-refractivity contribution in [2.75, 3.05) is 18.0 Å². The zero-order chi connectivity index (χ0) is 20.6. The molecular weight excluding hydrogens is 374 g/mol. The first-order valence-corrected chi connectivity index (χ1v) is 8.82. The van der Waals surface area contributed by atoms with E-state index in [9.17, 15) is 31.4 Å². The molecule has 2 N–H and O–H groups in total. The Morgan fingerprint density at radius 1 is 1.11 bits per heavy atom. The third kappa shape index (κ3) is 4.03. The van der Waals surface area contributed by atoms with E-state index >= 15 is 0 Å². The van der Waals surface area contributed by atoms with Crippen molar-refractivity contribution in [3.8, 4) is 0 Å². The Kier molecular flexibility index (Phi) is 6.06. The summed E-state index contributed by atoms with van der Waals surface area (Å²) in [7, 11) is 0. The Morgan fingerprint density at radius 3 is 2.22 bits per heavy atom. The molecule has 1 aliphatic rings. The molecule has 0 saturated carbocycles. The molecule has 1 fully saturated rings. The van der Waals surface area contributed by atoms with Gasteiger partial charge in [-0.25, -0.2) is 0 Å². The number of halogens is 6. The van der Waals surface area contributed by atoms with Gasteiger partial charge in [-0.05, 0) is 31.9 Å². The van der Waals surface area contributed by atoms with Crippen LogP contribution in [-0.2, 0) is 12.0 Å². The predicted octanol–water partition coefficient (Wildman–Crippen LogP) is 4.14. The van der Waals surface area contributed by atoms with Crippen molar-refractivity contribution in [1.29, 1.82) is 0 Å². The van der Waals surface area contributed by atoms with Gasteiger partial charge in [0.2, 0.25) is 0 Å². The second kappa shape index (κ2) is 7.50. The second-order valence-electron chi connectivity index (χ2n) is 7.11. The van der Waals surface area contributed by atoms with Crippen molar-refractivity contribution in [1.82, 2.24) is 5.32 Å². The Balaban J connectivity index is 2.57. The molecule has 0 radical (unpaired) electrons. The van der Waals surface area contributed by atoms with Gasteiger partial charge in [-0.15, -0.1) is 0 Å². The van der Waals surface area contributed by atoms with Crippen LogP contribution in [0, 0.1) is 0 Å². The van der Waals surface area contributed by atoms with Gasteiger partial charge in [-0.3, -0.25) is 0 Å². The van der Waals surface area contributed by atoms with E-state index in [4.69, 9.17) is 0 Å². The number of hydrogen-bond acceptors (Lipinski definition) is 3. The number of nitrogens with one attached hydrogen (secondary N) is 1.